The van der Waals surface area contributed by atoms with Crippen molar-refractivity contribution in [2.45, 2.75) is 18.8 Å². The number of hydrogen-bond donors (Lipinski definition) is 0. The molecule has 0 atom stereocenters. The van der Waals surface area contributed by atoms with Gasteiger partial charge in [-0.05, 0) is 36.2 Å². The molecule has 0 aliphatic rings. The van der Waals surface area contributed by atoms with Crippen LogP contribution in [0.25, 0.3) is 0 Å². The molecule has 1 nitrogen and oxygen atoms in total. The average molecular weight is 345 g/mol. The lowest BCUT2D eigenvalue weighted by Gasteiger charge is -2.21. The van der Waals surface area contributed by atoms with Crippen LogP contribution in [-0.2, 0) is 11.9 Å². The zero-order valence-corrected chi connectivity index (χ0v) is 13.6. The molecule has 0 saturated carbocycles. The van der Waals surface area contributed by atoms with Gasteiger partial charge in [0.25, 0.3) is 0 Å². The van der Waals surface area contributed by atoms with Crippen LogP contribution >= 0.6 is 38.9 Å². The summed E-state index contributed by atoms with van der Waals surface area (Å²) >= 11 is 11.1. The number of alkyl halides is 1. The minimum Gasteiger partial charge on any atom is -0.369 e. The lowest BCUT2D eigenvalue weighted by atomic mass is 10.1. The van der Waals surface area contributed by atoms with Crippen molar-refractivity contribution in [3.05, 3.63) is 50.7 Å². The van der Waals surface area contributed by atoms with Crippen LogP contribution in [0, 0.1) is 6.92 Å². The van der Waals surface area contributed by atoms with E-state index in [9.17, 15) is 0 Å². The summed E-state index contributed by atoms with van der Waals surface area (Å²) in [6.45, 7) is 3.05. The van der Waals surface area contributed by atoms with Crippen molar-refractivity contribution in [3.63, 3.8) is 0 Å². The van der Waals surface area contributed by atoms with Crippen molar-refractivity contribution >= 4 is 44.6 Å². The fourth-order valence-corrected chi connectivity index (χ4v) is 3.47. The van der Waals surface area contributed by atoms with Crippen LogP contribution in [0.4, 0.5) is 5.69 Å². The molecular formula is C14H15BrClNS. The predicted octanol–water partition coefficient (Wildman–Crippen LogP) is 5.24. The molecule has 0 saturated heterocycles. The molecule has 0 aliphatic carbocycles. The van der Waals surface area contributed by atoms with Crippen molar-refractivity contribution in [2.24, 2.45) is 0 Å². The van der Waals surface area contributed by atoms with Gasteiger partial charge in [0.2, 0.25) is 0 Å². The Balaban J connectivity index is 2.15. The minimum atomic E-state index is 0.852. The first-order valence-electron chi connectivity index (χ1n) is 5.71. The predicted molar refractivity (Wildman–Crippen MR) is 85.2 cm³/mol. The van der Waals surface area contributed by atoms with Crippen LogP contribution in [0.5, 0.6) is 0 Å². The van der Waals surface area contributed by atoms with E-state index < -0.39 is 0 Å². The molecule has 0 N–H and O–H groups in total. The molecule has 0 fully saturated rings. The second kappa shape index (κ2) is 6.09. The second-order valence-corrected chi connectivity index (χ2v) is 6.68. The molecule has 1 aromatic heterocycles. The smallest absolute Gasteiger partial charge is 0.0931 e. The fourth-order valence-electron chi connectivity index (χ4n) is 1.98. The van der Waals surface area contributed by atoms with E-state index in [0.29, 0.717) is 0 Å². The van der Waals surface area contributed by atoms with Crippen LogP contribution in [-0.4, -0.2) is 7.05 Å². The third-order valence-electron chi connectivity index (χ3n) is 2.85. The summed E-state index contributed by atoms with van der Waals surface area (Å²) < 4.78 is 0.852. The first-order chi connectivity index (χ1) is 8.60. The molecule has 1 aromatic carbocycles. The number of thiophene rings is 1. The third-order valence-corrected chi connectivity index (χ3v) is 4.71. The maximum absolute atomic E-state index is 5.96. The van der Waals surface area contributed by atoms with Gasteiger partial charge in [0, 0.05) is 22.9 Å². The Hall–Kier alpha value is -0.510. The monoisotopic (exact) mass is 343 g/mol. The van der Waals surface area contributed by atoms with Crippen molar-refractivity contribution in [3.8, 4) is 0 Å². The molecule has 0 aliphatic heterocycles. The lowest BCUT2D eigenvalue weighted by molar-refractivity contribution is 0.933. The number of nitrogens with zero attached hydrogens (tertiary/aromatic N) is 1. The molecular weight excluding hydrogens is 330 g/mol. The van der Waals surface area contributed by atoms with Gasteiger partial charge in [-0.15, -0.1) is 11.3 Å². The van der Waals surface area contributed by atoms with Gasteiger partial charge in [-0.1, -0.05) is 39.7 Å². The normalized spacial score (nSPS) is 10.7. The first kappa shape index (κ1) is 13.9. The lowest BCUT2D eigenvalue weighted by Crippen LogP contribution is -2.16. The van der Waals surface area contributed by atoms with Crippen LogP contribution in [0.2, 0.25) is 4.34 Å². The van der Waals surface area contributed by atoms with Gasteiger partial charge in [-0.2, -0.15) is 0 Å². The number of rotatable bonds is 4. The Labute approximate surface area is 126 Å². The third kappa shape index (κ3) is 3.28. The van der Waals surface area contributed by atoms with E-state index in [4.69, 9.17) is 11.6 Å². The molecule has 2 aromatic rings. The van der Waals surface area contributed by atoms with E-state index in [1.165, 1.54) is 21.7 Å². The molecule has 0 radical (unpaired) electrons. The van der Waals surface area contributed by atoms with Gasteiger partial charge < -0.3 is 4.90 Å². The topological polar surface area (TPSA) is 3.24 Å². The highest BCUT2D eigenvalue weighted by molar-refractivity contribution is 9.08. The molecule has 1 heterocycles. The Morgan fingerprint density at radius 3 is 2.61 bits per heavy atom. The quantitative estimate of drug-likeness (QED) is 0.685. The molecule has 0 unspecified atom stereocenters. The van der Waals surface area contributed by atoms with E-state index in [1.54, 1.807) is 11.3 Å². The van der Waals surface area contributed by atoms with Crippen LogP contribution < -0.4 is 4.90 Å². The Kier molecular flexibility index (Phi) is 4.71. The van der Waals surface area contributed by atoms with Gasteiger partial charge in [-0.3, -0.25) is 0 Å². The molecule has 4 heteroatoms. The summed E-state index contributed by atoms with van der Waals surface area (Å²) in [4.78, 5) is 3.54. The highest BCUT2D eigenvalue weighted by atomic mass is 79.9. The first-order valence-corrected chi connectivity index (χ1v) is 8.02. The van der Waals surface area contributed by atoms with Crippen molar-refractivity contribution in [2.75, 3.05) is 11.9 Å². The zero-order valence-electron chi connectivity index (χ0n) is 10.4. The molecule has 0 bridgehead atoms. The van der Waals surface area contributed by atoms with Crippen LogP contribution in [0.15, 0.2) is 30.3 Å². The summed E-state index contributed by atoms with van der Waals surface area (Å²) in [5.74, 6) is 0. The Morgan fingerprint density at radius 1 is 1.28 bits per heavy atom. The zero-order chi connectivity index (χ0) is 13.1. The largest absolute Gasteiger partial charge is 0.369 e. The summed E-state index contributed by atoms with van der Waals surface area (Å²) in [6, 6.07) is 10.6. The maximum atomic E-state index is 5.96. The Morgan fingerprint density at radius 2 is 2.06 bits per heavy atom. The van der Waals surface area contributed by atoms with E-state index in [0.717, 1.165) is 16.2 Å². The van der Waals surface area contributed by atoms with E-state index >= 15 is 0 Å². The van der Waals surface area contributed by atoms with Gasteiger partial charge in [0.1, 0.15) is 0 Å². The molecule has 18 heavy (non-hydrogen) atoms. The highest BCUT2D eigenvalue weighted by Crippen LogP contribution is 2.26. The standard InChI is InChI=1S/C14H15BrClNS/c1-10-7-11(8-15)3-5-13(10)17(2)9-12-4-6-14(16)18-12/h3-7H,8-9H2,1-2H3. The number of halogens is 2. The van der Waals surface area contributed by atoms with Crippen LogP contribution in [0.3, 0.4) is 0 Å². The van der Waals surface area contributed by atoms with Crippen molar-refractivity contribution in [1.29, 1.82) is 0 Å². The highest BCUT2D eigenvalue weighted by Gasteiger charge is 2.07. The van der Waals surface area contributed by atoms with Gasteiger partial charge in [-0.25, -0.2) is 0 Å². The van der Waals surface area contributed by atoms with Gasteiger partial charge in [0.05, 0.1) is 10.9 Å². The molecule has 0 spiro atoms. The van der Waals surface area contributed by atoms with Crippen molar-refractivity contribution < 1.29 is 0 Å². The number of benzene rings is 1. The average Bonchev–Trinajstić information content (AvgIpc) is 2.74. The molecule has 96 valence electrons. The fraction of sp³-hybridized carbons (Fsp3) is 0.286. The number of hydrogen-bond acceptors (Lipinski definition) is 2. The van der Waals surface area contributed by atoms with Gasteiger partial charge >= 0.3 is 0 Å². The van der Waals surface area contributed by atoms with E-state index in [2.05, 4.69) is 59.1 Å². The summed E-state index contributed by atoms with van der Waals surface area (Å²) in [7, 11) is 2.11. The van der Waals surface area contributed by atoms with E-state index in [1.807, 2.05) is 6.07 Å². The SMILES string of the molecule is Cc1cc(CBr)ccc1N(C)Cc1ccc(Cl)s1. The summed E-state index contributed by atoms with van der Waals surface area (Å²) in [5.41, 5.74) is 3.88. The number of aryl methyl sites for hydroxylation is 1. The number of anilines is 1. The maximum Gasteiger partial charge on any atom is 0.0931 e. The van der Waals surface area contributed by atoms with E-state index in [-0.39, 0.29) is 0 Å². The summed E-state index contributed by atoms with van der Waals surface area (Å²) in [5, 5.41) is 0.901. The molecule has 0 amide bonds. The Bertz CT molecular complexity index is 538. The second-order valence-electron chi connectivity index (χ2n) is 4.32. The van der Waals surface area contributed by atoms with Crippen molar-refractivity contribution in [1.82, 2.24) is 0 Å². The summed E-state index contributed by atoms with van der Waals surface area (Å²) in [6.07, 6.45) is 0. The molecule has 2 rings (SSSR count). The van der Waals surface area contributed by atoms with Crippen LogP contribution in [0.1, 0.15) is 16.0 Å². The van der Waals surface area contributed by atoms with Gasteiger partial charge in [0.15, 0.2) is 0 Å². The minimum absolute atomic E-state index is 0.852.